The number of nitrogens with one attached hydrogen (secondary N) is 1. The average molecular weight is 304 g/mol. The van der Waals surface area contributed by atoms with Crippen LogP contribution >= 0.6 is 0 Å². The van der Waals surface area contributed by atoms with Crippen LogP contribution in [0.5, 0.6) is 0 Å². The van der Waals surface area contributed by atoms with Crippen molar-refractivity contribution >= 4 is 15.9 Å². The van der Waals surface area contributed by atoms with Gasteiger partial charge in [-0.3, -0.25) is 10.4 Å². The molecule has 0 amide bonds. The normalized spacial score (nSPS) is 11.5. The van der Waals surface area contributed by atoms with Crippen LogP contribution in [0.4, 0.5) is 0 Å². The monoisotopic (exact) mass is 304 g/mol. The zero-order chi connectivity index (χ0) is 15.5. The van der Waals surface area contributed by atoms with Crippen LogP contribution in [-0.4, -0.2) is 30.6 Å². The van der Waals surface area contributed by atoms with Crippen molar-refractivity contribution in [2.24, 2.45) is 5.73 Å². The highest BCUT2D eigenvalue weighted by Gasteiger charge is 2.20. The molecule has 1 aromatic heterocycles. The molecule has 6 nitrogen and oxygen atoms in total. The molecule has 7 heteroatoms. The highest BCUT2D eigenvalue weighted by atomic mass is 32.2. The van der Waals surface area contributed by atoms with Gasteiger partial charge in [0.2, 0.25) is 10.0 Å². The van der Waals surface area contributed by atoms with Gasteiger partial charge in [0.1, 0.15) is 10.7 Å². The number of nitrogen functional groups attached to an aromatic ring is 1. The second-order valence-corrected chi connectivity index (χ2v) is 6.61. The molecular formula is C14H16N4O2S. The standard InChI is InChI=1S/C14H16N4O2S/c1-18(21(19,20)13-6-3-7-17-9-13)10-11-4-2-5-12(8-11)14(15)16/h2-9H,10H2,1H3,(H3,15,16). The summed E-state index contributed by atoms with van der Waals surface area (Å²) in [6.45, 7) is 0.193. The molecule has 110 valence electrons. The van der Waals surface area contributed by atoms with Crippen LogP contribution in [0.3, 0.4) is 0 Å². The Kier molecular flexibility index (Phi) is 4.35. The predicted octanol–water partition coefficient (Wildman–Crippen LogP) is 1.19. The van der Waals surface area contributed by atoms with Gasteiger partial charge in [0.15, 0.2) is 0 Å². The molecule has 0 spiro atoms. The minimum atomic E-state index is -3.58. The fourth-order valence-corrected chi connectivity index (χ4v) is 2.98. The zero-order valence-electron chi connectivity index (χ0n) is 11.5. The number of nitrogens with two attached hydrogens (primary N) is 1. The van der Waals surface area contributed by atoms with Crippen molar-refractivity contribution in [2.75, 3.05) is 7.05 Å². The van der Waals surface area contributed by atoms with E-state index in [0.29, 0.717) is 5.56 Å². The molecule has 0 aliphatic rings. The summed E-state index contributed by atoms with van der Waals surface area (Å²) in [6, 6.07) is 10.0. The Morgan fingerprint density at radius 1 is 1.33 bits per heavy atom. The van der Waals surface area contributed by atoms with E-state index >= 15 is 0 Å². The first kappa shape index (κ1) is 15.1. The molecule has 0 saturated heterocycles. The number of aromatic nitrogens is 1. The van der Waals surface area contributed by atoms with Crippen molar-refractivity contribution in [3.63, 3.8) is 0 Å². The molecule has 0 bridgehead atoms. The van der Waals surface area contributed by atoms with Crippen LogP contribution in [-0.2, 0) is 16.6 Å². The molecule has 21 heavy (non-hydrogen) atoms. The first-order valence-corrected chi connectivity index (χ1v) is 7.65. The minimum absolute atomic E-state index is 0.0466. The van der Waals surface area contributed by atoms with Crippen LogP contribution in [0.25, 0.3) is 0 Å². The Balaban J connectivity index is 2.24. The quantitative estimate of drug-likeness (QED) is 0.640. The van der Waals surface area contributed by atoms with Gasteiger partial charge in [0.25, 0.3) is 0 Å². The first-order valence-electron chi connectivity index (χ1n) is 6.21. The summed E-state index contributed by atoms with van der Waals surface area (Å²) in [4.78, 5) is 3.98. The third kappa shape index (κ3) is 3.45. The molecule has 0 unspecified atom stereocenters. The minimum Gasteiger partial charge on any atom is -0.384 e. The zero-order valence-corrected chi connectivity index (χ0v) is 12.3. The molecule has 1 heterocycles. The maximum Gasteiger partial charge on any atom is 0.244 e. The number of rotatable bonds is 5. The second-order valence-electron chi connectivity index (χ2n) is 4.56. The van der Waals surface area contributed by atoms with E-state index < -0.39 is 10.0 Å². The summed E-state index contributed by atoms with van der Waals surface area (Å²) in [6.07, 6.45) is 2.84. The van der Waals surface area contributed by atoms with Gasteiger partial charge in [0, 0.05) is 31.5 Å². The Hall–Kier alpha value is -2.25. The summed E-state index contributed by atoms with van der Waals surface area (Å²) in [7, 11) is -2.08. The molecule has 0 atom stereocenters. The fraction of sp³-hybridized carbons (Fsp3) is 0.143. The van der Waals surface area contributed by atoms with Gasteiger partial charge in [0.05, 0.1) is 0 Å². The van der Waals surface area contributed by atoms with E-state index in [1.165, 1.54) is 29.8 Å². The fourth-order valence-electron chi connectivity index (χ4n) is 1.86. The van der Waals surface area contributed by atoms with Crippen LogP contribution in [0.2, 0.25) is 0 Å². The van der Waals surface area contributed by atoms with Crippen LogP contribution < -0.4 is 5.73 Å². The molecule has 0 fully saturated rings. The van der Waals surface area contributed by atoms with Crippen molar-refractivity contribution in [1.29, 1.82) is 5.41 Å². The molecule has 3 N–H and O–H groups in total. The van der Waals surface area contributed by atoms with E-state index in [-0.39, 0.29) is 17.3 Å². The molecule has 2 aromatic rings. The lowest BCUT2D eigenvalue weighted by molar-refractivity contribution is 0.466. The van der Waals surface area contributed by atoms with E-state index in [4.69, 9.17) is 11.1 Å². The van der Waals surface area contributed by atoms with E-state index in [9.17, 15) is 8.42 Å². The largest absolute Gasteiger partial charge is 0.384 e. The van der Waals surface area contributed by atoms with Crippen molar-refractivity contribution < 1.29 is 8.42 Å². The summed E-state index contributed by atoms with van der Waals surface area (Å²) < 4.78 is 26.0. The van der Waals surface area contributed by atoms with Gasteiger partial charge < -0.3 is 5.73 Å². The Bertz CT molecular complexity index is 745. The molecule has 0 aliphatic heterocycles. The van der Waals surface area contributed by atoms with E-state index in [1.807, 2.05) is 0 Å². The van der Waals surface area contributed by atoms with Gasteiger partial charge in [-0.25, -0.2) is 8.42 Å². The lowest BCUT2D eigenvalue weighted by Gasteiger charge is -2.17. The predicted molar refractivity (Wildman–Crippen MR) is 80.3 cm³/mol. The average Bonchev–Trinajstić information content (AvgIpc) is 2.48. The maximum atomic E-state index is 12.4. The lowest BCUT2D eigenvalue weighted by atomic mass is 10.1. The van der Waals surface area contributed by atoms with Crippen molar-refractivity contribution in [3.8, 4) is 0 Å². The van der Waals surface area contributed by atoms with E-state index in [2.05, 4.69) is 4.98 Å². The number of hydrogen-bond acceptors (Lipinski definition) is 4. The maximum absolute atomic E-state index is 12.4. The number of pyridine rings is 1. The Morgan fingerprint density at radius 2 is 2.10 bits per heavy atom. The number of amidine groups is 1. The topological polar surface area (TPSA) is 100 Å². The second kappa shape index (κ2) is 6.02. The SMILES string of the molecule is CN(Cc1cccc(C(=N)N)c1)S(=O)(=O)c1cccnc1. The van der Waals surface area contributed by atoms with Crippen LogP contribution in [0.1, 0.15) is 11.1 Å². The van der Waals surface area contributed by atoms with Gasteiger partial charge in [-0.1, -0.05) is 18.2 Å². The smallest absolute Gasteiger partial charge is 0.244 e. The van der Waals surface area contributed by atoms with Gasteiger partial charge in [-0.05, 0) is 23.8 Å². The van der Waals surface area contributed by atoms with Crippen molar-refractivity contribution in [3.05, 3.63) is 59.9 Å². The highest BCUT2D eigenvalue weighted by molar-refractivity contribution is 7.89. The molecule has 0 aliphatic carbocycles. The first-order chi connectivity index (χ1) is 9.91. The third-order valence-corrected chi connectivity index (χ3v) is 4.77. The summed E-state index contributed by atoms with van der Waals surface area (Å²) in [5, 5.41) is 7.41. The van der Waals surface area contributed by atoms with Crippen molar-refractivity contribution in [1.82, 2.24) is 9.29 Å². The lowest BCUT2D eigenvalue weighted by Crippen LogP contribution is -2.26. The molecule has 0 radical (unpaired) electrons. The van der Waals surface area contributed by atoms with Gasteiger partial charge in [-0.2, -0.15) is 4.31 Å². The highest BCUT2D eigenvalue weighted by Crippen LogP contribution is 2.16. The number of nitrogens with zero attached hydrogens (tertiary/aromatic N) is 2. The van der Waals surface area contributed by atoms with Gasteiger partial charge in [-0.15, -0.1) is 0 Å². The Morgan fingerprint density at radius 3 is 2.71 bits per heavy atom. The molecular weight excluding hydrogens is 288 g/mol. The number of sulfonamides is 1. The van der Waals surface area contributed by atoms with E-state index in [0.717, 1.165) is 5.56 Å². The molecule has 0 saturated carbocycles. The summed E-state index contributed by atoms with van der Waals surface area (Å²) >= 11 is 0. The van der Waals surface area contributed by atoms with Crippen molar-refractivity contribution in [2.45, 2.75) is 11.4 Å². The summed E-state index contributed by atoms with van der Waals surface area (Å²) in [5.74, 6) is -0.0466. The number of hydrogen-bond donors (Lipinski definition) is 2. The van der Waals surface area contributed by atoms with E-state index in [1.54, 1.807) is 30.3 Å². The van der Waals surface area contributed by atoms with Crippen LogP contribution in [0.15, 0.2) is 53.7 Å². The summed E-state index contributed by atoms with van der Waals surface area (Å²) in [5.41, 5.74) is 6.76. The molecule has 2 rings (SSSR count). The number of benzene rings is 1. The third-order valence-electron chi connectivity index (χ3n) is 2.99. The molecule has 1 aromatic carbocycles. The van der Waals surface area contributed by atoms with Gasteiger partial charge >= 0.3 is 0 Å². The van der Waals surface area contributed by atoms with Crippen LogP contribution in [0, 0.1) is 5.41 Å². The Labute approximate surface area is 123 Å².